The van der Waals surface area contributed by atoms with Crippen molar-refractivity contribution >= 4 is 29.0 Å². The first-order chi connectivity index (χ1) is 16.0. The lowest BCUT2D eigenvalue weighted by molar-refractivity contribution is 0.102. The van der Waals surface area contributed by atoms with Crippen LogP contribution in [0.5, 0.6) is 11.5 Å². The summed E-state index contributed by atoms with van der Waals surface area (Å²) >= 11 is 6.12. The van der Waals surface area contributed by atoms with E-state index in [-0.39, 0.29) is 22.0 Å². The summed E-state index contributed by atoms with van der Waals surface area (Å²) in [5, 5.41) is 3.06. The molecule has 9 heteroatoms. The summed E-state index contributed by atoms with van der Waals surface area (Å²) in [6.45, 7) is 0.695. The highest BCUT2D eigenvalue weighted by atomic mass is 35.5. The number of ether oxygens (including phenoxy) is 1. The first kappa shape index (κ1) is 20.8. The van der Waals surface area contributed by atoms with Crippen LogP contribution in [0.2, 0.25) is 5.02 Å². The third-order valence-electron chi connectivity index (χ3n) is 5.48. The third-order valence-corrected chi connectivity index (χ3v) is 5.86. The molecule has 4 aromatic rings. The van der Waals surface area contributed by atoms with Gasteiger partial charge in [-0.25, -0.2) is 9.67 Å². The number of nitrogens with zero attached hydrogens (tertiary/aromatic N) is 3. The van der Waals surface area contributed by atoms with Crippen molar-refractivity contribution < 1.29 is 9.53 Å². The number of halogens is 1. The van der Waals surface area contributed by atoms with E-state index in [1.54, 1.807) is 35.0 Å². The summed E-state index contributed by atoms with van der Waals surface area (Å²) < 4.78 is 9.22. The van der Waals surface area contributed by atoms with Crippen LogP contribution in [0.15, 0.2) is 71.7 Å². The van der Waals surface area contributed by atoms with Gasteiger partial charge in [0.25, 0.3) is 11.5 Å². The Morgan fingerprint density at radius 1 is 1.09 bits per heavy atom. The normalized spacial score (nSPS) is 12.4. The fourth-order valence-electron chi connectivity index (χ4n) is 3.98. The number of hydrogen-bond donors (Lipinski definition) is 2. The maximum atomic E-state index is 13.2. The predicted molar refractivity (Wildman–Crippen MR) is 126 cm³/mol. The van der Waals surface area contributed by atoms with Gasteiger partial charge in [-0.15, -0.1) is 0 Å². The number of aromatic nitrogens is 3. The van der Waals surface area contributed by atoms with Gasteiger partial charge in [0.15, 0.2) is 5.75 Å². The number of carbonyl (C=O) groups is 1. The van der Waals surface area contributed by atoms with Gasteiger partial charge in [0.1, 0.15) is 22.2 Å². The van der Waals surface area contributed by atoms with Gasteiger partial charge in [-0.3, -0.25) is 14.3 Å². The Labute approximate surface area is 194 Å². The molecule has 166 valence electrons. The van der Waals surface area contributed by atoms with E-state index < -0.39 is 5.91 Å². The first-order valence-corrected chi connectivity index (χ1v) is 10.8. The zero-order valence-corrected chi connectivity index (χ0v) is 18.2. The van der Waals surface area contributed by atoms with Gasteiger partial charge in [-0.2, -0.15) is 0 Å². The molecule has 1 amide bonds. The van der Waals surface area contributed by atoms with Crippen LogP contribution in [0.4, 0.5) is 11.5 Å². The number of fused-ring (bicyclic) bond motifs is 1. The molecular formula is C24H20ClN5O3. The summed E-state index contributed by atoms with van der Waals surface area (Å²) in [7, 11) is 0. The SMILES string of the molecule is Nc1nccc(Oc2ccc(NC(=O)c3c4n(n(-c5ccccc5)c3=O)CCC4)cc2)c1Cl. The van der Waals surface area contributed by atoms with E-state index in [0.29, 0.717) is 30.2 Å². The van der Waals surface area contributed by atoms with Crippen molar-refractivity contribution in [3.05, 3.63) is 93.5 Å². The van der Waals surface area contributed by atoms with Gasteiger partial charge >= 0.3 is 0 Å². The van der Waals surface area contributed by atoms with E-state index in [1.807, 2.05) is 35.0 Å². The lowest BCUT2D eigenvalue weighted by Crippen LogP contribution is -2.26. The summed E-state index contributed by atoms with van der Waals surface area (Å²) in [5.41, 5.74) is 7.59. The van der Waals surface area contributed by atoms with Crippen LogP contribution >= 0.6 is 11.6 Å². The molecule has 0 atom stereocenters. The van der Waals surface area contributed by atoms with Crippen molar-refractivity contribution in [2.24, 2.45) is 0 Å². The Morgan fingerprint density at radius 3 is 2.61 bits per heavy atom. The molecule has 0 saturated carbocycles. The van der Waals surface area contributed by atoms with Gasteiger partial charge in [0, 0.05) is 24.5 Å². The molecule has 0 bridgehead atoms. The minimum absolute atomic E-state index is 0.177. The van der Waals surface area contributed by atoms with E-state index in [4.69, 9.17) is 22.1 Å². The van der Waals surface area contributed by atoms with Crippen LogP contribution in [0.25, 0.3) is 5.69 Å². The van der Waals surface area contributed by atoms with E-state index in [1.165, 1.54) is 6.20 Å². The topological polar surface area (TPSA) is 104 Å². The maximum absolute atomic E-state index is 13.2. The van der Waals surface area contributed by atoms with E-state index >= 15 is 0 Å². The summed E-state index contributed by atoms with van der Waals surface area (Å²) in [6, 6.07) is 17.7. The average Bonchev–Trinajstić information content (AvgIpc) is 3.38. The Kier molecular flexibility index (Phi) is 5.35. The molecule has 0 aliphatic carbocycles. The summed E-state index contributed by atoms with van der Waals surface area (Å²) in [6.07, 6.45) is 3.07. The molecule has 3 N–H and O–H groups in total. The quantitative estimate of drug-likeness (QED) is 0.462. The van der Waals surface area contributed by atoms with Gasteiger partial charge in [0.05, 0.1) is 11.4 Å². The van der Waals surface area contributed by atoms with Crippen molar-refractivity contribution in [1.29, 1.82) is 0 Å². The van der Waals surface area contributed by atoms with Crippen molar-refractivity contribution in [2.75, 3.05) is 11.1 Å². The second-order valence-corrected chi connectivity index (χ2v) is 7.97. The van der Waals surface area contributed by atoms with E-state index in [2.05, 4.69) is 10.3 Å². The number of benzene rings is 2. The van der Waals surface area contributed by atoms with E-state index in [0.717, 1.165) is 17.8 Å². The molecule has 5 rings (SSSR count). The number of nitrogens with two attached hydrogens (primary N) is 1. The zero-order chi connectivity index (χ0) is 22.9. The van der Waals surface area contributed by atoms with Gasteiger partial charge in [0.2, 0.25) is 0 Å². The van der Waals surface area contributed by atoms with Crippen molar-refractivity contribution in [1.82, 2.24) is 14.3 Å². The molecule has 1 aliphatic rings. The second-order valence-electron chi connectivity index (χ2n) is 7.59. The number of nitrogen functional groups attached to an aromatic ring is 1. The molecule has 2 aromatic heterocycles. The van der Waals surface area contributed by atoms with Crippen molar-refractivity contribution in [3.8, 4) is 17.2 Å². The number of amides is 1. The molecule has 0 saturated heterocycles. The van der Waals surface area contributed by atoms with Crippen LogP contribution in [-0.2, 0) is 13.0 Å². The summed E-state index contributed by atoms with van der Waals surface area (Å²) in [5.74, 6) is 0.640. The highest BCUT2D eigenvalue weighted by molar-refractivity contribution is 6.34. The number of hydrogen-bond acceptors (Lipinski definition) is 5. The number of nitrogens with one attached hydrogen (secondary N) is 1. The molecule has 2 aromatic carbocycles. The highest BCUT2D eigenvalue weighted by Gasteiger charge is 2.28. The lowest BCUT2D eigenvalue weighted by Gasteiger charge is -2.09. The molecule has 0 spiro atoms. The third kappa shape index (κ3) is 3.85. The van der Waals surface area contributed by atoms with Crippen LogP contribution < -0.4 is 21.3 Å². The highest BCUT2D eigenvalue weighted by Crippen LogP contribution is 2.32. The number of carbonyl (C=O) groups excluding carboxylic acids is 1. The molecule has 0 radical (unpaired) electrons. The van der Waals surface area contributed by atoms with Gasteiger partial charge in [-0.05, 0) is 49.2 Å². The molecule has 3 heterocycles. The molecule has 0 fully saturated rings. The number of pyridine rings is 1. The van der Waals surface area contributed by atoms with Crippen LogP contribution in [0.3, 0.4) is 0 Å². The standard InChI is InChI=1S/C24H20ClN5O3/c25-21-19(12-13-27-22(21)26)33-17-10-8-15(9-11-17)28-23(31)20-18-7-4-14-29(18)30(24(20)32)16-5-2-1-3-6-16/h1-3,5-6,8-13H,4,7,14H2,(H2,26,27)(H,28,31). The van der Waals surface area contributed by atoms with E-state index in [9.17, 15) is 9.59 Å². The fraction of sp³-hybridized carbons (Fsp3) is 0.125. The summed E-state index contributed by atoms with van der Waals surface area (Å²) in [4.78, 5) is 30.2. The maximum Gasteiger partial charge on any atom is 0.284 e. The molecular weight excluding hydrogens is 442 g/mol. The molecule has 8 nitrogen and oxygen atoms in total. The average molecular weight is 462 g/mol. The van der Waals surface area contributed by atoms with Crippen molar-refractivity contribution in [2.45, 2.75) is 19.4 Å². The Hall–Kier alpha value is -4.04. The number of anilines is 2. The molecule has 1 aliphatic heterocycles. The van der Waals surface area contributed by atoms with Crippen molar-refractivity contribution in [3.63, 3.8) is 0 Å². The van der Waals surface area contributed by atoms with Gasteiger partial charge in [-0.1, -0.05) is 29.8 Å². The van der Waals surface area contributed by atoms with Gasteiger partial charge < -0.3 is 15.8 Å². The van der Waals surface area contributed by atoms with Crippen LogP contribution in [0.1, 0.15) is 22.5 Å². The van der Waals surface area contributed by atoms with Crippen LogP contribution in [-0.4, -0.2) is 20.3 Å². The second kappa shape index (κ2) is 8.48. The zero-order valence-electron chi connectivity index (χ0n) is 17.5. The Bertz CT molecular complexity index is 1390. The smallest absolute Gasteiger partial charge is 0.284 e. The first-order valence-electron chi connectivity index (χ1n) is 10.4. The molecule has 0 unspecified atom stereocenters. The minimum Gasteiger partial charge on any atom is -0.456 e. The molecule has 33 heavy (non-hydrogen) atoms. The largest absolute Gasteiger partial charge is 0.456 e. The number of para-hydroxylation sites is 1. The Balaban J connectivity index is 1.38. The monoisotopic (exact) mass is 461 g/mol. The Morgan fingerprint density at radius 2 is 1.85 bits per heavy atom. The fourth-order valence-corrected chi connectivity index (χ4v) is 4.13. The van der Waals surface area contributed by atoms with Crippen LogP contribution in [0, 0.1) is 0 Å². The minimum atomic E-state index is -0.432. The number of rotatable bonds is 5. The predicted octanol–water partition coefficient (Wildman–Crippen LogP) is 4.26. The lowest BCUT2D eigenvalue weighted by atomic mass is 10.1.